The Kier molecular flexibility index (Phi) is 8.51. The highest BCUT2D eigenvalue weighted by Gasteiger charge is 2.39. The van der Waals surface area contributed by atoms with Crippen LogP contribution in [-0.4, -0.2) is 33.5 Å². The molecule has 3 aromatic carbocycles. The van der Waals surface area contributed by atoms with Gasteiger partial charge in [-0.25, -0.2) is 4.98 Å². The summed E-state index contributed by atoms with van der Waals surface area (Å²) in [5.74, 6) is 1.08. The summed E-state index contributed by atoms with van der Waals surface area (Å²) >= 11 is 1.85. The molecular formula is C35H36N4S. The van der Waals surface area contributed by atoms with E-state index >= 15 is 0 Å². The first-order valence-electron chi connectivity index (χ1n) is 13.8. The van der Waals surface area contributed by atoms with Crippen LogP contribution in [0.15, 0.2) is 121 Å². The fraction of sp³-hybridized carbons (Fsp3) is 0.200. The molecule has 0 radical (unpaired) electrons. The van der Waals surface area contributed by atoms with Crippen molar-refractivity contribution in [2.24, 2.45) is 7.05 Å². The number of thioether (sulfide) groups is 1. The minimum Gasteiger partial charge on any atom is -0.362 e. The maximum Gasteiger partial charge on any atom is 0.140 e. The van der Waals surface area contributed by atoms with Crippen molar-refractivity contribution in [1.82, 2.24) is 14.5 Å². The van der Waals surface area contributed by atoms with Crippen LogP contribution in [-0.2, 0) is 12.6 Å². The van der Waals surface area contributed by atoms with Crippen LogP contribution >= 0.6 is 11.8 Å². The molecule has 0 fully saturated rings. The second-order valence-corrected chi connectivity index (χ2v) is 11.2. The maximum atomic E-state index is 8.53. The molecule has 5 aromatic rings. The number of fused-ring (bicyclic) bond motifs is 1. The fourth-order valence-corrected chi connectivity index (χ4v) is 6.52. The van der Waals surface area contributed by atoms with Crippen LogP contribution in [0.4, 0.5) is 0 Å². The van der Waals surface area contributed by atoms with Crippen LogP contribution in [0.3, 0.4) is 0 Å². The van der Waals surface area contributed by atoms with Crippen molar-refractivity contribution in [1.29, 1.82) is 5.41 Å². The van der Waals surface area contributed by atoms with Gasteiger partial charge in [0.2, 0.25) is 0 Å². The smallest absolute Gasteiger partial charge is 0.140 e. The Hall–Kier alpha value is -4.09. The van der Waals surface area contributed by atoms with Gasteiger partial charge in [0, 0.05) is 60.3 Å². The van der Waals surface area contributed by atoms with E-state index in [1.165, 1.54) is 24.0 Å². The number of unbranched alkanes of at least 4 members (excludes halogenated alkanes) is 1. The minimum absolute atomic E-state index is 0.609. The molecule has 0 saturated heterocycles. The third-order valence-electron chi connectivity index (χ3n) is 7.46. The number of benzene rings is 3. The van der Waals surface area contributed by atoms with E-state index in [4.69, 9.17) is 10.4 Å². The van der Waals surface area contributed by atoms with Crippen LogP contribution in [0.5, 0.6) is 0 Å². The highest BCUT2D eigenvalue weighted by atomic mass is 32.2. The molecule has 0 amide bonds. The minimum atomic E-state index is -0.609. The van der Waals surface area contributed by atoms with Gasteiger partial charge in [0.15, 0.2) is 0 Å². The number of allylic oxidation sites excluding steroid dienone is 1. The van der Waals surface area contributed by atoms with Gasteiger partial charge < -0.3 is 14.9 Å². The van der Waals surface area contributed by atoms with Gasteiger partial charge in [-0.15, -0.1) is 11.8 Å². The number of nitrogens with zero attached hydrogens (tertiary/aromatic N) is 3. The van der Waals surface area contributed by atoms with Crippen LogP contribution in [0.25, 0.3) is 16.6 Å². The van der Waals surface area contributed by atoms with E-state index in [2.05, 4.69) is 133 Å². The van der Waals surface area contributed by atoms with E-state index < -0.39 is 5.54 Å². The topological polar surface area (TPSA) is 44.9 Å². The number of aryl methyl sites for hydroxylation is 1. The van der Waals surface area contributed by atoms with Crippen molar-refractivity contribution in [3.63, 3.8) is 0 Å². The van der Waals surface area contributed by atoms with E-state index in [0.29, 0.717) is 0 Å². The molecule has 0 saturated carbocycles. The van der Waals surface area contributed by atoms with Gasteiger partial charge in [-0.3, -0.25) is 0 Å². The van der Waals surface area contributed by atoms with Gasteiger partial charge in [-0.2, -0.15) is 0 Å². The SMILES string of the molecule is CCCCSc1cnc2c(c1)c(/C(C=N)=C/N(C)C(c1ccccc1)(c1ccccc1)c1ccccc1)cn2C. The van der Waals surface area contributed by atoms with Crippen LogP contribution in [0.2, 0.25) is 0 Å². The van der Waals surface area contributed by atoms with Crippen molar-refractivity contribution in [2.75, 3.05) is 12.8 Å². The Bertz CT molecular complexity index is 1490. The average molecular weight is 545 g/mol. The van der Waals surface area contributed by atoms with Crippen LogP contribution in [0.1, 0.15) is 42.0 Å². The van der Waals surface area contributed by atoms with Gasteiger partial charge in [-0.05, 0) is 34.9 Å². The molecule has 1 N–H and O–H groups in total. The largest absolute Gasteiger partial charge is 0.362 e. The molecule has 0 aliphatic rings. The Morgan fingerprint density at radius 1 is 0.925 bits per heavy atom. The molecule has 0 aliphatic heterocycles. The summed E-state index contributed by atoms with van der Waals surface area (Å²) in [6.07, 6.45) is 10.0. The Balaban J connectivity index is 1.70. The van der Waals surface area contributed by atoms with Gasteiger partial charge in [0.05, 0.1) is 0 Å². The number of pyridine rings is 1. The molecule has 0 aliphatic carbocycles. The summed E-state index contributed by atoms with van der Waals surface area (Å²) < 4.78 is 2.06. The van der Waals surface area contributed by atoms with Gasteiger partial charge in [0.1, 0.15) is 11.2 Å². The van der Waals surface area contributed by atoms with Crippen molar-refractivity contribution < 1.29 is 0 Å². The van der Waals surface area contributed by atoms with Crippen molar-refractivity contribution in [3.8, 4) is 0 Å². The summed E-state index contributed by atoms with van der Waals surface area (Å²) in [5.41, 5.74) is 5.62. The quantitative estimate of drug-likeness (QED) is 0.0786. The van der Waals surface area contributed by atoms with Crippen LogP contribution in [0, 0.1) is 5.41 Å². The first kappa shape index (κ1) is 27.5. The maximum absolute atomic E-state index is 8.53. The van der Waals surface area contributed by atoms with Gasteiger partial charge in [0.25, 0.3) is 0 Å². The molecule has 0 atom stereocenters. The zero-order chi connectivity index (χ0) is 28.0. The monoisotopic (exact) mass is 544 g/mol. The number of aromatic nitrogens is 2. The molecule has 40 heavy (non-hydrogen) atoms. The first-order chi connectivity index (χ1) is 19.6. The molecule has 5 rings (SSSR count). The standard InChI is InChI=1S/C35H36N4S/c1-4-5-21-40-31-22-32-33(26-38(2)34(32)37-24-31)27(23-36)25-39(3)35(28-15-9-6-10-16-28,29-17-11-7-12-18-29)30-19-13-8-14-20-30/h6-20,22-26,36H,4-5,21H2,1-3H3/b27-25+,36-23?. The lowest BCUT2D eigenvalue weighted by molar-refractivity contribution is 0.282. The number of rotatable bonds is 11. The molecule has 4 nitrogen and oxygen atoms in total. The van der Waals surface area contributed by atoms with Crippen molar-refractivity contribution >= 4 is 34.6 Å². The Morgan fingerprint density at radius 3 is 1.98 bits per heavy atom. The molecule has 2 aromatic heterocycles. The van der Waals surface area contributed by atoms with E-state index in [9.17, 15) is 0 Å². The second-order valence-electron chi connectivity index (χ2n) is 10.0. The van der Waals surface area contributed by atoms with Gasteiger partial charge in [-0.1, -0.05) is 104 Å². The predicted molar refractivity (Wildman–Crippen MR) is 170 cm³/mol. The molecule has 0 spiro atoms. The summed E-state index contributed by atoms with van der Waals surface area (Å²) in [6, 6.07) is 34.1. The fourth-order valence-electron chi connectivity index (χ4n) is 5.52. The summed E-state index contributed by atoms with van der Waals surface area (Å²) in [4.78, 5) is 8.22. The number of hydrogen-bond acceptors (Lipinski definition) is 4. The van der Waals surface area contributed by atoms with E-state index in [1.54, 1.807) is 0 Å². The lowest BCUT2D eigenvalue weighted by Gasteiger charge is -2.43. The van der Waals surface area contributed by atoms with Crippen molar-refractivity contribution in [3.05, 3.63) is 138 Å². The third kappa shape index (κ3) is 5.22. The third-order valence-corrected chi connectivity index (χ3v) is 8.51. The van der Waals surface area contributed by atoms with Crippen molar-refractivity contribution in [2.45, 2.75) is 30.2 Å². The zero-order valence-electron chi connectivity index (χ0n) is 23.4. The summed E-state index contributed by atoms with van der Waals surface area (Å²) in [6.45, 7) is 2.22. The van der Waals surface area contributed by atoms with E-state index in [1.807, 2.05) is 25.0 Å². The summed E-state index contributed by atoms with van der Waals surface area (Å²) in [7, 11) is 4.14. The zero-order valence-corrected chi connectivity index (χ0v) is 24.2. The highest BCUT2D eigenvalue weighted by Crippen LogP contribution is 2.42. The van der Waals surface area contributed by atoms with E-state index in [-0.39, 0.29) is 0 Å². The lowest BCUT2D eigenvalue weighted by atomic mass is 9.76. The van der Waals surface area contributed by atoms with E-state index in [0.717, 1.165) is 44.6 Å². The normalized spacial score (nSPS) is 12.0. The molecule has 5 heteroatoms. The molecule has 202 valence electrons. The Morgan fingerprint density at radius 2 is 1.48 bits per heavy atom. The van der Waals surface area contributed by atoms with Crippen LogP contribution < -0.4 is 0 Å². The molecule has 2 heterocycles. The lowest BCUT2D eigenvalue weighted by Crippen LogP contribution is -2.43. The molecule has 0 unspecified atom stereocenters. The number of hydrogen-bond donors (Lipinski definition) is 1. The predicted octanol–water partition coefficient (Wildman–Crippen LogP) is 8.38. The van der Waals surface area contributed by atoms with Gasteiger partial charge >= 0.3 is 0 Å². The molecular weight excluding hydrogens is 508 g/mol. The summed E-state index contributed by atoms with van der Waals surface area (Å²) in [5, 5.41) is 9.59. The number of nitrogens with one attached hydrogen (secondary N) is 1. The average Bonchev–Trinajstić information content (AvgIpc) is 3.33. The first-order valence-corrected chi connectivity index (χ1v) is 14.8. The molecule has 0 bridgehead atoms. The second kappa shape index (κ2) is 12.4. The highest BCUT2D eigenvalue weighted by molar-refractivity contribution is 7.99. The Labute approximate surface area is 241 Å².